The van der Waals surface area contributed by atoms with Crippen molar-refractivity contribution >= 4 is 33.5 Å². The molecule has 0 radical (unpaired) electrons. The summed E-state index contributed by atoms with van der Waals surface area (Å²) in [5, 5.41) is 2.94. The number of halogens is 1. The van der Waals surface area contributed by atoms with E-state index in [1.807, 2.05) is 24.3 Å². The van der Waals surface area contributed by atoms with Gasteiger partial charge in [0.25, 0.3) is 0 Å². The highest BCUT2D eigenvalue weighted by Gasteiger charge is 1.96. The highest BCUT2D eigenvalue weighted by Crippen LogP contribution is 2.13. The van der Waals surface area contributed by atoms with E-state index in [1.54, 1.807) is 0 Å². The molecule has 0 aliphatic rings. The molecule has 0 heterocycles. The van der Waals surface area contributed by atoms with Crippen LogP contribution in [0.3, 0.4) is 0 Å². The molecular formula is C12H18BrN5. The average Bonchev–Trinajstić information content (AvgIpc) is 2.32. The second-order valence-electron chi connectivity index (χ2n) is 3.72. The molecule has 1 aromatic carbocycles. The summed E-state index contributed by atoms with van der Waals surface area (Å²) in [5.74, 6) is 0.431. The lowest BCUT2D eigenvalue weighted by Gasteiger charge is -2.05. The number of nitrogens with zero attached hydrogens (tertiary/aromatic N) is 2. The molecule has 18 heavy (non-hydrogen) atoms. The van der Waals surface area contributed by atoms with E-state index in [-0.39, 0.29) is 11.9 Å². The number of nitrogens with one attached hydrogen (secondary N) is 1. The van der Waals surface area contributed by atoms with Gasteiger partial charge in [-0.05, 0) is 30.7 Å². The quantitative estimate of drug-likeness (QED) is 0.453. The summed E-state index contributed by atoms with van der Waals surface area (Å²) in [6.07, 6.45) is 2.07. The Kier molecular flexibility index (Phi) is 6.21. The summed E-state index contributed by atoms with van der Waals surface area (Å²) in [4.78, 5) is 8.05. The lowest BCUT2D eigenvalue weighted by molar-refractivity contribution is 0.806. The largest absolute Gasteiger partial charge is 0.369 e. The maximum absolute atomic E-state index is 5.72. The van der Waals surface area contributed by atoms with E-state index in [0.29, 0.717) is 6.54 Å². The Hall–Kier alpha value is -1.56. The highest BCUT2D eigenvalue weighted by atomic mass is 79.9. The van der Waals surface area contributed by atoms with Crippen molar-refractivity contribution in [1.82, 2.24) is 0 Å². The molecule has 0 spiro atoms. The molecule has 0 unspecified atom stereocenters. The lowest BCUT2D eigenvalue weighted by Crippen LogP contribution is -2.26. The van der Waals surface area contributed by atoms with Crippen molar-refractivity contribution in [3.63, 3.8) is 0 Å². The molecule has 0 fully saturated rings. The van der Waals surface area contributed by atoms with Gasteiger partial charge < -0.3 is 16.8 Å². The molecule has 0 aliphatic heterocycles. The molecule has 0 saturated heterocycles. The predicted octanol–water partition coefficient (Wildman–Crippen LogP) is 2.29. The molecular weight excluding hydrogens is 294 g/mol. The van der Waals surface area contributed by atoms with E-state index in [0.717, 1.165) is 23.0 Å². The normalized spacial score (nSPS) is 12.6. The van der Waals surface area contributed by atoms with Gasteiger partial charge in [0.2, 0.25) is 11.9 Å². The molecule has 1 aromatic rings. The van der Waals surface area contributed by atoms with Crippen molar-refractivity contribution < 1.29 is 0 Å². The first-order valence-corrected chi connectivity index (χ1v) is 6.57. The summed E-state index contributed by atoms with van der Waals surface area (Å²) in [7, 11) is 0. The topological polar surface area (TPSA) is 88.8 Å². The van der Waals surface area contributed by atoms with Crippen LogP contribution in [0.2, 0.25) is 0 Å². The summed E-state index contributed by atoms with van der Waals surface area (Å²) in [5.41, 5.74) is 12.2. The molecule has 5 nitrogen and oxygen atoms in total. The van der Waals surface area contributed by atoms with Gasteiger partial charge in [0.1, 0.15) is 0 Å². The van der Waals surface area contributed by atoms with Gasteiger partial charge in [-0.2, -0.15) is 4.99 Å². The number of nitrogens with two attached hydrogens (primary N) is 2. The molecule has 1 rings (SSSR count). The smallest absolute Gasteiger partial charge is 0.218 e. The van der Waals surface area contributed by atoms with Crippen LogP contribution in [-0.4, -0.2) is 18.5 Å². The van der Waals surface area contributed by atoms with Crippen molar-refractivity contribution in [3.8, 4) is 0 Å². The van der Waals surface area contributed by atoms with Crippen LogP contribution in [0.4, 0.5) is 5.69 Å². The summed E-state index contributed by atoms with van der Waals surface area (Å²) in [6.45, 7) is 2.77. The van der Waals surface area contributed by atoms with E-state index < -0.39 is 0 Å². The van der Waals surface area contributed by atoms with Gasteiger partial charge in [-0.25, -0.2) is 0 Å². The van der Waals surface area contributed by atoms with Crippen molar-refractivity contribution in [2.24, 2.45) is 21.5 Å². The van der Waals surface area contributed by atoms with Crippen LogP contribution in [-0.2, 0) is 0 Å². The first kappa shape index (κ1) is 14.5. The van der Waals surface area contributed by atoms with E-state index in [1.165, 1.54) is 0 Å². The van der Waals surface area contributed by atoms with Crippen LogP contribution < -0.4 is 16.8 Å². The zero-order chi connectivity index (χ0) is 13.4. The van der Waals surface area contributed by atoms with E-state index in [2.05, 4.69) is 38.2 Å². The maximum atomic E-state index is 5.72. The molecule has 0 bridgehead atoms. The fourth-order valence-corrected chi connectivity index (χ4v) is 1.48. The Balaban J connectivity index is 2.56. The Morgan fingerprint density at radius 3 is 2.56 bits per heavy atom. The highest BCUT2D eigenvalue weighted by molar-refractivity contribution is 9.10. The van der Waals surface area contributed by atoms with Crippen LogP contribution in [0.25, 0.3) is 0 Å². The first-order valence-electron chi connectivity index (χ1n) is 5.78. The van der Waals surface area contributed by atoms with Crippen molar-refractivity contribution in [2.45, 2.75) is 19.8 Å². The Morgan fingerprint density at radius 2 is 1.94 bits per heavy atom. The number of rotatable bonds is 4. The van der Waals surface area contributed by atoms with Crippen LogP contribution in [0.5, 0.6) is 0 Å². The molecule has 0 amide bonds. The Morgan fingerprint density at radius 1 is 1.28 bits per heavy atom. The first-order chi connectivity index (χ1) is 8.61. The minimum absolute atomic E-state index is 0.200. The van der Waals surface area contributed by atoms with Crippen LogP contribution in [0.1, 0.15) is 19.8 Å². The zero-order valence-electron chi connectivity index (χ0n) is 10.4. The third kappa shape index (κ3) is 5.67. The van der Waals surface area contributed by atoms with Crippen LogP contribution >= 0.6 is 15.9 Å². The fourth-order valence-electron chi connectivity index (χ4n) is 1.22. The Labute approximate surface area is 116 Å². The van der Waals surface area contributed by atoms with Gasteiger partial charge in [0.05, 0.1) is 0 Å². The number of guanidine groups is 2. The second-order valence-corrected chi connectivity index (χ2v) is 4.64. The zero-order valence-corrected chi connectivity index (χ0v) is 11.9. The van der Waals surface area contributed by atoms with E-state index in [4.69, 9.17) is 11.5 Å². The molecule has 0 aliphatic carbocycles. The number of hydrogen-bond donors (Lipinski definition) is 3. The number of benzene rings is 1. The summed E-state index contributed by atoms with van der Waals surface area (Å²) < 4.78 is 1.00. The molecule has 98 valence electrons. The molecule has 5 N–H and O–H groups in total. The molecule has 0 aromatic heterocycles. The van der Waals surface area contributed by atoms with Gasteiger partial charge in [0.15, 0.2) is 0 Å². The van der Waals surface area contributed by atoms with Gasteiger partial charge in [0, 0.05) is 16.7 Å². The minimum Gasteiger partial charge on any atom is -0.369 e. The van der Waals surface area contributed by atoms with Gasteiger partial charge in [-0.15, -0.1) is 0 Å². The Bertz CT molecular complexity index is 425. The summed E-state index contributed by atoms with van der Waals surface area (Å²) in [6, 6.07) is 7.59. The van der Waals surface area contributed by atoms with Gasteiger partial charge in [-0.1, -0.05) is 29.3 Å². The van der Waals surface area contributed by atoms with Gasteiger partial charge >= 0.3 is 0 Å². The number of anilines is 1. The van der Waals surface area contributed by atoms with E-state index in [9.17, 15) is 0 Å². The monoisotopic (exact) mass is 311 g/mol. The maximum Gasteiger partial charge on any atom is 0.218 e. The molecule has 0 saturated carbocycles. The van der Waals surface area contributed by atoms with Crippen molar-refractivity contribution in [2.75, 3.05) is 11.9 Å². The van der Waals surface area contributed by atoms with Crippen LogP contribution in [0.15, 0.2) is 38.7 Å². The third-order valence-electron chi connectivity index (χ3n) is 2.14. The number of hydrogen-bond acceptors (Lipinski definition) is 1. The van der Waals surface area contributed by atoms with Crippen molar-refractivity contribution in [1.29, 1.82) is 0 Å². The number of unbranched alkanes of at least 4 members (excludes halogenated alkanes) is 1. The minimum atomic E-state index is 0.200. The van der Waals surface area contributed by atoms with E-state index >= 15 is 0 Å². The third-order valence-corrected chi connectivity index (χ3v) is 2.67. The summed E-state index contributed by atoms with van der Waals surface area (Å²) >= 11 is 3.36. The number of aliphatic imine (C=N–C) groups is 2. The fraction of sp³-hybridized carbons (Fsp3) is 0.333. The second kappa shape index (κ2) is 7.71. The average molecular weight is 312 g/mol. The lowest BCUT2D eigenvalue weighted by atomic mass is 10.3. The van der Waals surface area contributed by atoms with Crippen LogP contribution in [0, 0.1) is 0 Å². The predicted molar refractivity (Wildman–Crippen MR) is 80.8 cm³/mol. The standard InChI is InChI=1S/C12H18BrN5/c1-2-3-8-16-11(14)18-12(15)17-10-6-4-9(13)5-7-10/h4-7H,2-3,8H2,1H3,(H5,14,15,16,17,18). The molecule has 0 atom stereocenters. The molecule has 6 heteroatoms. The van der Waals surface area contributed by atoms with Crippen molar-refractivity contribution in [3.05, 3.63) is 28.7 Å². The van der Waals surface area contributed by atoms with Gasteiger partial charge in [-0.3, -0.25) is 4.99 Å². The SMILES string of the molecule is CCCCN=C(N)N=C(N)Nc1ccc(Br)cc1.